The first-order chi connectivity index (χ1) is 7.72. The standard InChI is InChI=1S/C13H18N2O/c1-3-10(2)8-13(16)11-9-14-15-7-5-4-6-12(11)15/h4-7,9-10,13,16H,3,8H2,1-2H3. The van der Waals surface area contributed by atoms with E-state index in [0.717, 1.165) is 23.9 Å². The predicted molar refractivity (Wildman–Crippen MR) is 64.2 cm³/mol. The van der Waals surface area contributed by atoms with Crippen molar-refractivity contribution in [2.75, 3.05) is 0 Å². The second kappa shape index (κ2) is 4.66. The highest BCUT2D eigenvalue weighted by Crippen LogP contribution is 2.25. The van der Waals surface area contributed by atoms with Crippen molar-refractivity contribution in [3.63, 3.8) is 0 Å². The number of aliphatic hydroxyl groups is 1. The first-order valence-electron chi connectivity index (χ1n) is 5.82. The number of hydrogen-bond donors (Lipinski definition) is 1. The van der Waals surface area contributed by atoms with Gasteiger partial charge in [-0.1, -0.05) is 26.3 Å². The van der Waals surface area contributed by atoms with Gasteiger partial charge >= 0.3 is 0 Å². The number of aliphatic hydroxyl groups excluding tert-OH is 1. The second-order valence-corrected chi connectivity index (χ2v) is 4.40. The fourth-order valence-electron chi connectivity index (χ4n) is 1.89. The molecule has 2 atom stereocenters. The van der Waals surface area contributed by atoms with Crippen molar-refractivity contribution in [2.24, 2.45) is 5.92 Å². The summed E-state index contributed by atoms with van der Waals surface area (Å²) >= 11 is 0. The molecule has 3 nitrogen and oxygen atoms in total. The van der Waals surface area contributed by atoms with Gasteiger partial charge in [0.15, 0.2) is 0 Å². The van der Waals surface area contributed by atoms with Crippen LogP contribution in [0.1, 0.15) is 38.4 Å². The number of fused-ring (bicyclic) bond motifs is 1. The van der Waals surface area contributed by atoms with E-state index in [-0.39, 0.29) is 0 Å². The van der Waals surface area contributed by atoms with E-state index in [1.54, 1.807) is 10.7 Å². The maximum atomic E-state index is 10.2. The van der Waals surface area contributed by atoms with E-state index in [1.807, 2.05) is 24.4 Å². The molecule has 0 aliphatic rings. The molecular weight excluding hydrogens is 200 g/mol. The minimum atomic E-state index is -0.408. The number of pyridine rings is 1. The molecule has 2 unspecified atom stereocenters. The highest BCUT2D eigenvalue weighted by atomic mass is 16.3. The van der Waals surface area contributed by atoms with E-state index in [4.69, 9.17) is 0 Å². The van der Waals surface area contributed by atoms with Gasteiger partial charge in [0.05, 0.1) is 17.8 Å². The number of hydrogen-bond acceptors (Lipinski definition) is 2. The van der Waals surface area contributed by atoms with Crippen molar-refractivity contribution in [2.45, 2.75) is 32.8 Å². The molecule has 0 aliphatic heterocycles. The molecule has 0 aliphatic carbocycles. The summed E-state index contributed by atoms with van der Waals surface area (Å²) in [4.78, 5) is 0. The smallest absolute Gasteiger partial charge is 0.0829 e. The van der Waals surface area contributed by atoms with Crippen molar-refractivity contribution in [3.05, 3.63) is 36.2 Å². The van der Waals surface area contributed by atoms with Gasteiger partial charge in [0.2, 0.25) is 0 Å². The monoisotopic (exact) mass is 218 g/mol. The molecule has 0 saturated carbocycles. The molecular formula is C13H18N2O. The molecule has 0 aromatic carbocycles. The molecule has 86 valence electrons. The first-order valence-corrected chi connectivity index (χ1v) is 5.82. The van der Waals surface area contributed by atoms with Crippen LogP contribution in [0.2, 0.25) is 0 Å². The largest absolute Gasteiger partial charge is 0.388 e. The van der Waals surface area contributed by atoms with Crippen molar-refractivity contribution < 1.29 is 5.11 Å². The van der Waals surface area contributed by atoms with Crippen molar-refractivity contribution in [3.8, 4) is 0 Å². The van der Waals surface area contributed by atoms with Gasteiger partial charge < -0.3 is 5.11 Å². The van der Waals surface area contributed by atoms with E-state index >= 15 is 0 Å². The lowest BCUT2D eigenvalue weighted by atomic mass is 9.97. The first kappa shape index (κ1) is 11.1. The lowest BCUT2D eigenvalue weighted by Gasteiger charge is -2.13. The van der Waals surface area contributed by atoms with Crippen LogP contribution >= 0.6 is 0 Å². The van der Waals surface area contributed by atoms with Gasteiger partial charge in [-0.3, -0.25) is 0 Å². The minimum absolute atomic E-state index is 0.408. The maximum Gasteiger partial charge on any atom is 0.0829 e. The molecule has 2 aromatic rings. The van der Waals surface area contributed by atoms with Crippen LogP contribution in [-0.2, 0) is 0 Å². The molecule has 3 heteroatoms. The van der Waals surface area contributed by atoms with Gasteiger partial charge in [-0.05, 0) is 24.5 Å². The van der Waals surface area contributed by atoms with Crippen LogP contribution in [-0.4, -0.2) is 14.7 Å². The zero-order valence-corrected chi connectivity index (χ0v) is 9.80. The van der Waals surface area contributed by atoms with Crippen LogP contribution in [0.3, 0.4) is 0 Å². The topological polar surface area (TPSA) is 37.5 Å². The number of rotatable bonds is 4. The average Bonchev–Trinajstić information content (AvgIpc) is 2.72. The van der Waals surface area contributed by atoms with Crippen LogP contribution in [0.4, 0.5) is 0 Å². The predicted octanol–water partition coefficient (Wildman–Crippen LogP) is 2.80. The third-order valence-electron chi connectivity index (χ3n) is 3.14. The molecule has 0 radical (unpaired) electrons. The average molecular weight is 218 g/mol. The zero-order chi connectivity index (χ0) is 11.5. The Labute approximate surface area is 95.7 Å². The summed E-state index contributed by atoms with van der Waals surface area (Å²) in [5.41, 5.74) is 1.93. The number of nitrogens with zero attached hydrogens (tertiary/aromatic N) is 2. The van der Waals surface area contributed by atoms with Gasteiger partial charge in [0, 0.05) is 11.8 Å². The lowest BCUT2D eigenvalue weighted by Crippen LogP contribution is -2.03. The molecule has 2 rings (SSSR count). The SMILES string of the molecule is CCC(C)CC(O)c1cnn2ccccc12. The summed E-state index contributed by atoms with van der Waals surface area (Å²) in [5, 5.41) is 14.4. The van der Waals surface area contributed by atoms with Crippen LogP contribution in [0.15, 0.2) is 30.6 Å². The summed E-state index contributed by atoms with van der Waals surface area (Å²) < 4.78 is 1.80. The summed E-state index contributed by atoms with van der Waals surface area (Å²) in [6, 6.07) is 5.89. The highest BCUT2D eigenvalue weighted by Gasteiger charge is 2.15. The van der Waals surface area contributed by atoms with E-state index in [9.17, 15) is 5.11 Å². The summed E-state index contributed by atoms with van der Waals surface area (Å²) in [5.74, 6) is 0.536. The Morgan fingerprint density at radius 2 is 2.25 bits per heavy atom. The summed E-state index contributed by atoms with van der Waals surface area (Å²) in [6.45, 7) is 4.31. The van der Waals surface area contributed by atoms with Gasteiger partial charge in [-0.25, -0.2) is 4.52 Å². The van der Waals surface area contributed by atoms with Crippen LogP contribution in [0.5, 0.6) is 0 Å². The molecule has 1 N–H and O–H groups in total. The Morgan fingerprint density at radius 3 is 3.00 bits per heavy atom. The van der Waals surface area contributed by atoms with Crippen LogP contribution in [0, 0.1) is 5.92 Å². The molecule has 0 fully saturated rings. The van der Waals surface area contributed by atoms with Crippen molar-refractivity contribution in [1.29, 1.82) is 0 Å². The fraction of sp³-hybridized carbons (Fsp3) is 0.462. The van der Waals surface area contributed by atoms with Gasteiger partial charge in [0.1, 0.15) is 0 Å². The summed E-state index contributed by atoms with van der Waals surface area (Å²) in [6.07, 6.45) is 5.15. The van der Waals surface area contributed by atoms with Crippen LogP contribution < -0.4 is 0 Å². The molecule has 0 saturated heterocycles. The fourth-order valence-corrected chi connectivity index (χ4v) is 1.89. The molecule has 0 spiro atoms. The Morgan fingerprint density at radius 1 is 1.44 bits per heavy atom. The minimum Gasteiger partial charge on any atom is -0.388 e. The molecule has 16 heavy (non-hydrogen) atoms. The van der Waals surface area contributed by atoms with E-state index in [0.29, 0.717) is 5.92 Å². The molecule has 0 amide bonds. The third-order valence-corrected chi connectivity index (χ3v) is 3.14. The maximum absolute atomic E-state index is 10.2. The number of aromatic nitrogens is 2. The second-order valence-electron chi connectivity index (χ2n) is 4.40. The summed E-state index contributed by atoms with van der Waals surface area (Å²) in [7, 11) is 0. The normalized spacial score (nSPS) is 15.2. The zero-order valence-electron chi connectivity index (χ0n) is 9.80. The van der Waals surface area contributed by atoms with E-state index in [2.05, 4.69) is 18.9 Å². The van der Waals surface area contributed by atoms with Gasteiger partial charge in [-0.15, -0.1) is 0 Å². The van der Waals surface area contributed by atoms with Gasteiger partial charge in [0.25, 0.3) is 0 Å². The van der Waals surface area contributed by atoms with Crippen molar-refractivity contribution >= 4 is 5.52 Å². The quantitative estimate of drug-likeness (QED) is 0.856. The Kier molecular flexibility index (Phi) is 3.25. The van der Waals surface area contributed by atoms with Crippen LogP contribution in [0.25, 0.3) is 5.52 Å². The third kappa shape index (κ3) is 2.09. The van der Waals surface area contributed by atoms with E-state index < -0.39 is 6.10 Å². The Hall–Kier alpha value is -1.35. The molecule has 2 heterocycles. The molecule has 2 aromatic heterocycles. The van der Waals surface area contributed by atoms with Gasteiger partial charge in [-0.2, -0.15) is 5.10 Å². The van der Waals surface area contributed by atoms with Crippen molar-refractivity contribution in [1.82, 2.24) is 9.61 Å². The van der Waals surface area contributed by atoms with E-state index in [1.165, 1.54) is 0 Å². The highest BCUT2D eigenvalue weighted by molar-refractivity contribution is 5.54. The molecule has 0 bridgehead atoms. The lowest BCUT2D eigenvalue weighted by molar-refractivity contribution is 0.148. The Bertz CT molecular complexity index is 464. The Balaban J connectivity index is 2.26.